The van der Waals surface area contributed by atoms with Crippen LogP contribution in [0.1, 0.15) is 43.4 Å². The fourth-order valence-electron chi connectivity index (χ4n) is 2.10. The number of rotatable bonds is 6. The van der Waals surface area contributed by atoms with Crippen LogP contribution in [0.2, 0.25) is 0 Å². The first-order valence-electron chi connectivity index (χ1n) is 6.97. The highest BCUT2D eigenvalue weighted by atomic mass is 16.5. The van der Waals surface area contributed by atoms with Crippen LogP contribution in [0, 0.1) is 26.2 Å². The number of oxime groups is 1. The van der Waals surface area contributed by atoms with Crippen LogP contribution in [0.25, 0.3) is 0 Å². The van der Waals surface area contributed by atoms with Crippen LogP contribution in [0.5, 0.6) is 5.75 Å². The Bertz CT molecular complexity index is 493. The Hall–Kier alpha value is -1.71. The summed E-state index contributed by atoms with van der Waals surface area (Å²) in [7, 11) is 0. The molecule has 0 aliphatic heterocycles. The Balaban J connectivity index is 2.56. The largest absolute Gasteiger partial charge is 0.493 e. The molecule has 4 heteroatoms. The number of benzene rings is 1. The van der Waals surface area contributed by atoms with Crippen LogP contribution in [0.3, 0.4) is 0 Å². The number of hydrogen-bond acceptors (Lipinski definition) is 3. The molecule has 0 heterocycles. The average Bonchev–Trinajstić information content (AvgIpc) is 2.41. The molecule has 0 amide bonds. The van der Waals surface area contributed by atoms with Crippen molar-refractivity contribution in [1.29, 1.82) is 0 Å². The monoisotopic (exact) mass is 278 g/mol. The van der Waals surface area contributed by atoms with E-state index in [1.807, 2.05) is 13.8 Å². The molecule has 0 aliphatic carbocycles. The van der Waals surface area contributed by atoms with E-state index in [2.05, 4.69) is 38.1 Å². The van der Waals surface area contributed by atoms with Crippen molar-refractivity contribution in [2.24, 2.45) is 16.3 Å². The van der Waals surface area contributed by atoms with Gasteiger partial charge in [-0.05, 0) is 50.3 Å². The maximum Gasteiger partial charge on any atom is 0.144 e. The van der Waals surface area contributed by atoms with Crippen LogP contribution in [0.15, 0.2) is 17.3 Å². The molecule has 4 nitrogen and oxygen atoms in total. The Morgan fingerprint density at radius 3 is 2.45 bits per heavy atom. The summed E-state index contributed by atoms with van der Waals surface area (Å²) in [5.41, 5.74) is 8.95. The van der Waals surface area contributed by atoms with E-state index in [0.717, 1.165) is 24.2 Å². The molecule has 0 fully saturated rings. The lowest BCUT2D eigenvalue weighted by Crippen LogP contribution is -2.32. The fourth-order valence-corrected chi connectivity index (χ4v) is 2.10. The van der Waals surface area contributed by atoms with Crippen LogP contribution in [0.4, 0.5) is 0 Å². The number of nitrogens with zero attached hydrogens (tertiary/aromatic N) is 1. The number of nitrogens with two attached hydrogens (primary N) is 1. The van der Waals surface area contributed by atoms with Gasteiger partial charge in [-0.2, -0.15) is 0 Å². The average molecular weight is 278 g/mol. The predicted molar refractivity (Wildman–Crippen MR) is 82.6 cm³/mol. The number of hydrogen-bond donors (Lipinski definition) is 2. The molecular weight excluding hydrogens is 252 g/mol. The minimum Gasteiger partial charge on any atom is -0.493 e. The van der Waals surface area contributed by atoms with E-state index in [0.29, 0.717) is 6.61 Å². The molecule has 3 N–H and O–H groups in total. The maximum atomic E-state index is 8.74. The lowest BCUT2D eigenvalue weighted by atomic mass is 9.87. The quantitative estimate of drug-likeness (QED) is 0.275. The Kier molecular flexibility index (Phi) is 5.43. The molecular formula is C16H26N2O2. The topological polar surface area (TPSA) is 67.8 Å². The molecule has 0 unspecified atom stereocenters. The summed E-state index contributed by atoms with van der Waals surface area (Å²) in [5, 5.41) is 11.8. The summed E-state index contributed by atoms with van der Waals surface area (Å²) in [5.74, 6) is 1.24. The molecule has 112 valence electrons. The third-order valence-electron chi connectivity index (χ3n) is 3.87. The molecule has 0 aromatic heterocycles. The highest BCUT2D eigenvalue weighted by molar-refractivity contribution is 5.85. The van der Waals surface area contributed by atoms with Crippen molar-refractivity contribution in [2.45, 2.75) is 47.5 Å². The zero-order chi connectivity index (χ0) is 15.3. The van der Waals surface area contributed by atoms with Gasteiger partial charge in [0.2, 0.25) is 0 Å². The van der Waals surface area contributed by atoms with Crippen LogP contribution >= 0.6 is 0 Å². The van der Waals surface area contributed by atoms with Gasteiger partial charge >= 0.3 is 0 Å². The second kappa shape index (κ2) is 6.64. The predicted octanol–water partition coefficient (Wildman–Crippen LogP) is 3.54. The molecule has 0 bridgehead atoms. The second-order valence-electron chi connectivity index (χ2n) is 5.97. The van der Waals surface area contributed by atoms with Gasteiger partial charge in [0.15, 0.2) is 0 Å². The van der Waals surface area contributed by atoms with Crippen molar-refractivity contribution in [3.8, 4) is 5.75 Å². The molecule has 1 rings (SSSR count). The van der Waals surface area contributed by atoms with Gasteiger partial charge in [-0.1, -0.05) is 31.1 Å². The first-order chi connectivity index (χ1) is 9.29. The van der Waals surface area contributed by atoms with Crippen molar-refractivity contribution >= 4 is 5.84 Å². The van der Waals surface area contributed by atoms with Gasteiger partial charge in [-0.15, -0.1) is 0 Å². The van der Waals surface area contributed by atoms with Gasteiger partial charge in [-0.25, -0.2) is 0 Å². The number of amidine groups is 1. The molecule has 20 heavy (non-hydrogen) atoms. The summed E-state index contributed by atoms with van der Waals surface area (Å²) < 4.78 is 5.91. The molecule has 0 radical (unpaired) electrons. The standard InChI is InChI=1S/C16H26N2O2/c1-11-7-8-12(2)14(13(11)3)20-10-6-9-16(4,5)15(17)18-19/h7-8,19H,6,9-10H2,1-5H3,(H2,17,18). The fraction of sp³-hybridized carbons (Fsp3) is 0.562. The summed E-state index contributed by atoms with van der Waals surface area (Å²) >= 11 is 0. The van der Waals surface area contributed by atoms with E-state index in [4.69, 9.17) is 15.7 Å². The first-order valence-corrected chi connectivity index (χ1v) is 6.97. The van der Waals surface area contributed by atoms with Gasteiger partial charge in [0.25, 0.3) is 0 Å². The normalized spacial score (nSPS) is 12.6. The molecule has 0 atom stereocenters. The number of ether oxygens (including phenoxy) is 1. The van der Waals surface area contributed by atoms with Crippen LogP contribution < -0.4 is 10.5 Å². The van der Waals surface area contributed by atoms with Crippen molar-refractivity contribution in [2.75, 3.05) is 6.61 Å². The highest BCUT2D eigenvalue weighted by Crippen LogP contribution is 2.27. The molecule has 0 aliphatic rings. The van der Waals surface area contributed by atoms with E-state index >= 15 is 0 Å². The molecule has 1 aromatic carbocycles. The Morgan fingerprint density at radius 2 is 1.85 bits per heavy atom. The van der Waals surface area contributed by atoms with Gasteiger partial charge in [0, 0.05) is 5.41 Å². The molecule has 0 spiro atoms. The Labute approximate surface area is 121 Å². The van der Waals surface area contributed by atoms with E-state index < -0.39 is 0 Å². The van der Waals surface area contributed by atoms with Gasteiger partial charge < -0.3 is 15.7 Å². The van der Waals surface area contributed by atoms with E-state index in [9.17, 15) is 0 Å². The Morgan fingerprint density at radius 1 is 1.25 bits per heavy atom. The van der Waals surface area contributed by atoms with Crippen LogP contribution in [-0.4, -0.2) is 17.6 Å². The van der Waals surface area contributed by atoms with Crippen LogP contribution in [-0.2, 0) is 0 Å². The smallest absolute Gasteiger partial charge is 0.144 e. The van der Waals surface area contributed by atoms with E-state index in [1.165, 1.54) is 11.1 Å². The lowest BCUT2D eigenvalue weighted by Gasteiger charge is -2.23. The van der Waals surface area contributed by atoms with Crippen molar-refractivity contribution in [1.82, 2.24) is 0 Å². The highest BCUT2D eigenvalue weighted by Gasteiger charge is 2.23. The molecule has 0 saturated heterocycles. The summed E-state index contributed by atoms with van der Waals surface area (Å²) in [6.07, 6.45) is 1.67. The zero-order valence-corrected chi connectivity index (χ0v) is 13.2. The lowest BCUT2D eigenvalue weighted by molar-refractivity contribution is 0.275. The minimum atomic E-state index is -0.311. The van der Waals surface area contributed by atoms with Crippen molar-refractivity contribution in [3.05, 3.63) is 28.8 Å². The summed E-state index contributed by atoms with van der Waals surface area (Å²) in [6.45, 7) is 10.8. The summed E-state index contributed by atoms with van der Waals surface area (Å²) in [4.78, 5) is 0. The van der Waals surface area contributed by atoms with Crippen molar-refractivity contribution in [3.63, 3.8) is 0 Å². The third kappa shape index (κ3) is 3.89. The van der Waals surface area contributed by atoms with E-state index in [1.54, 1.807) is 0 Å². The van der Waals surface area contributed by atoms with E-state index in [-0.39, 0.29) is 11.3 Å². The number of aryl methyl sites for hydroxylation is 2. The summed E-state index contributed by atoms with van der Waals surface area (Å²) in [6, 6.07) is 4.19. The third-order valence-corrected chi connectivity index (χ3v) is 3.87. The molecule has 0 saturated carbocycles. The van der Waals surface area contributed by atoms with Gasteiger partial charge in [0.05, 0.1) is 6.61 Å². The van der Waals surface area contributed by atoms with Crippen molar-refractivity contribution < 1.29 is 9.94 Å². The second-order valence-corrected chi connectivity index (χ2v) is 5.97. The first kappa shape index (κ1) is 16.3. The van der Waals surface area contributed by atoms with Gasteiger partial charge in [0.1, 0.15) is 11.6 Å². The molecule has 1 aromatic rings. The maximum absolute atomic E-state index is 8.74. The zero-order valence-electron chi connectivity index (χ0n) is 13.2. The minimum absolute atomic E-state index is 0.264. The van der Waals surface area contributed by atoms with Gasteiger partial charge in [-0.3, -0.25) is 0 Å². The SMILES string of the molecule is Cc1ccc(C)c(OCCCC(C)(C)C(N)=NO)c1C.